The number of hydrogen-bond donors (Lipinski definition) is 2. The number of nitrogens with zero attached hydrogens (tertiary/aromatic N) is 1. The highest BCUT2D eigenvalue weighted by Crippen LogP contribution is 2.40. The fourth-order valence-corrected chi connectivity index (χ4v) is 4.93. The Morgan fingerprint density at radius 3 is 2.32 bits per heavy atom. The Bertz CT molecular complexity index is 1690. The Morgan fingerprint density at radius 2 is 1.63 bits per heavy atom. The van der Waals surface area contributed by atoms with Gasteiger partial charge in [-0.15, -0.1) is 0 Å². The number of hydrogen-bond acceptors (Lipinski definition) is 2. The molecule has 0 fully saturated rings. The van der Waals surface area contributed by atoms with Crippen LogP contribution in [-0.4, -0.2) is 22.1 Å². The fraction of sp³-hybridized carbons (Fsp3) is 0.161. The molecule has 1 unspecified atom stereocenters. The van der Waals surface area contributed by atoms with E-state index in [1.165, 1.54) is 12.3 Å². The molecule has 5 rings (SSSR count). The van der Waals surface area contributed by atoms with Gasteiger partial charge in [0.25, 0.3) is 0 Å². The minimum absolute atomic E-state index is 0.0931. The van der Waals surface area contributed by atoms with Crippen LogP contribution in [0.3, 0.4) is 0 Å². The minimum Gasteiger partial charge on any atom is -0.361 e. The van der Waals surface area contributed by atoms with Crippen molar-refractivity contribution in [3.8, 4) is 11.1 Å². The molecule has 0 saturated carbocycles. The molecule has 41 heavy (non-hydrogen) atoms. The van der Waals surface area contributed by atoms with Crippen LogP contribution in [0.1, 0.15) is 34.3 Å². The quantitative estimate of drug-likeness (QED) is 0.198. The summed E-state index contributed by atoms with van der Waals surface area (Å²) in [4.78, 5) is 20.5. The highest BCUT2D eigenvalue weighted by Gasteiger charge is 2.47. The summed E-state index contributed by atoms with van der Waals surface area (Å²) in [5.41, 5.74) is 2.26. The number of amides is 1. The van der Waals surface area contributed by atoms with Crippen molar-refractivity contribution >= 4 is 16.8 Å². The first-order chi connectivity index (χ1) is 19.5. The predicted octanol–water partition coefficient (Wildman–Crippen LogP) is 7.70. The molecule has 0 bridgehead atoms. The highest BCUT2D eigenvalue weighted by atomic mass is 19.4. The topological polar surface area (TPSA) is 57.8 Å². The van der Waals surface area contributed by atoms with Gasteiger partial charge in [0.2, 0.25) is 5.91 Å². The number of carbonyl (C=O) groups is 1. The van der Waals surface area contributed by atoms with Crippen LogP contribution in [0, 0.1) is 24.4 Å². The van der Waals surface area contributed by atoms with Crippen molar-refractivity contribution in [2.45, 2.75) is 31.5 Å². The minimum atomic E-state index is -5.05. The third-order valence-corrected chi connectivity index (χ3v) is 6.79. The summed E-state index contributed by atoms with van der Waals surface area (Å²) in [6.07, 6.45) is -2.87. The van der Waals surface area contributed by atoms with E-state index in [2.05, 4.69) is 15.3 Å². The van der Waals surface area contributed by atoms with E-state index < -0.39 is 47.1 Å². The van der Waals surface area contributed by atoms with E-state index in [9.17, 15) is 31.1 Å². The van der Waals surface area contributed by atoms with E-state index in [-0.39, 0.29) is 28.6 Å². The molecule has 0 aliphatic rings. The lowest BCUT2D eigenvalue weighted by Crippen LogP contribution is -2.40. The van der Waals surface area contributed by atoms with Gasteiger partial charge in [-0.2, -0.15) is 13.2 Å². The maximum absolute atomic E-state index is 14.4. The second-order valence-corrected chi connectivity index (χ2v) is 9.75. The number of aromatic amines is 1. The number of aryl methyl sites for hydroxylation is 1. The molecule has 2 N–H and O–H groups in total. The van der Waals surface area contributed by atoms with E-state index in [1.807, 2.05) is 19.1 Å². The Kier molecular flexibility index (Phi) is 7.57. The second-order valence-electron chi connectivity index (χ2n) is 9.75. The van der Waals surface area contributed by atoms with Crippen LogP contribution in [0.4, 0.5) is 26.3 Å². The van der Waals surface area contributed by atoms with Crippen LogP contribution in [0.25, 0.3) is 22.0 Å². The fourth-order valence-electron chi connectivity index (χ4n) is 4.93. The molecule has 1 amide bonds. The molecule has 0 aliphatic heterocycles. The molecular weight excluding hydrogens is 544 g/mol. The van der Waals surface area contributed by atoms with Crippen LogP contribution >= 0.6 is 0 Å². The van der Waals surface area contributed by atoms with Gasteiger partial charge in [-0.1, -0.05) is 35.9 Å². The van der Waals surface area contributed by atoms with E-state index in [0.717, 1.165) is 36.0 Å². The maximum atomic E-state index is 14.4. The second kappa shape index (κ2) is 11.1. The number of pyridine rings is 1. The Hall–Kier alpha value is -4.60. The Balaban J connectivity index is 1.60. The number of nitrogens with one attached hydrogen (secondary N) is 2. The first kappa shape index (κ1) is 27.9. The molecule has 4 nitrogen and oxygen atoms in total. The zero-order valence-electron chi connectivity index (χ0n) is 21.6. The van der Waals surface area contributed by atoms with Crippen LogP contribution in [-0.2, 0) is 11.2 Å². The molecular formula is C31H23F6N3O. The van der Waals surface area contributed by atoms with Crippen LogP contribution in [0.2, 0.25) is 0 Å². The van der Waals surface area contributed by atoms with Crippen molar-refractivity contribution in [2.75, 3.05) is 0 Å². The molecule has 0 spiro atoms. The summed E-state index contributed by atoms with van der Waals surface area (Å²) in [6.45, 7) is 1.89. The lowest BCUT2D eigenvalue weighted by Gasteiger charge is -2.25. The number of fused-ring (bicyclic) bond motifs is 1. The third kappa shape index (κ3) is 6.11. The number of benzene rings is 3. The summed E-state index contributed by atoms with van der Waals surface area (Å²) in [5, 5.41) is 2.35. The van der Waals surface area contributed by atoms with Crippen molar-refractivity contribution in [1.29, 1.82) is 0 Å². The number of carbonyl (C=O) groups excluding carboxylic acids is 1. The molecule has 2 heterocycles. The van der Waals surface area contributed by atoms with Gasteiger partial charge in [0.05, 0.1) is 11.7 Å². The lowest BCUT2D eigenvalue weighted by molar-refractivity contribution is -0.165. The molecule has 0 saturated heterocycles. The van der Waals surface area contributed by atoms with Gasteiger partial charge in [-0.25, -0.2) is 13.2 Å². The molecule has 0 radical (unpaired) electrons. The molecule has 0 aliphatic carbocycles. The number of rotatable bonds is 7. The van der Waals surface area contributed by atoms with Gasteiger partial charge in [0.1, 0.15) is 17.5 Å². The molecule has 5 aromatic rings. The summed E-state index contributed by atoms with van der Waals surface area (Å²) in [5.74, 6) is -6.61. The van der Waals surface area contributed by atoms with E-state index >= 15 is 0 Å². The summed E-state index contributed by atoms with van der Waals surface area (Å²) in [7, 11) is 0. The van der Waals surface area contributed by atoms with E-state index in [1.54, 1.807) is 24.3 Å². The van der Waals surface area contributed by atoms with Gasteiger partial charge in [-0.3, -0.25) is 9.78 Å². The van der Waals surface area contributed by atoms with Crippen molar-refractivity contribution in [3.63, 3.8) is 0 Å². The Labute approximate surface area is 231 Å². The normalized spacial score (nSPS) is 13.2. The largest absolute Gasteiger partial charge is 0.404 e. The van der Waals surface area contributed by atoms with Crippen molar-refractivity contribution in [2.24, 2.45) is 0 Å². The number of alkyl halides is 3. The standard InChI is InChI=1S/C31H23F6N3O/c1-17-4-6-19(7-5-17)23-3-2-10-38-29(23)27(13-18-11-21(33)14-22(34)12-18)40-30(41)28(31(35,36)37)25-16-39-26-9-8-20(32)15-24(25)26/h2-12,14-16,27-28,39H,13H2,1H3,(H,40,41)/t27-,28?/m0/s1. The average Bonchev–Trinajstić information content (AvgIpc) is 3.30. The van der Waals surface area contributed by atoms with Gasteiger partial charge in [0.15, 0.2) is 5.92 Å². The summed E-state index contributed by atoms with van der Waals surface area (Å²) >= 11 is 0. The van der Waals surface area contributed by atoms with Gasteiger partial charge in [0, 0.05) is 34.9 Å². The first-order valence-electron chi connectivity index (χ1n) is 12.6. The smallest absolute Gasteiger partial charge is 0.361 e. The molecule has 3 aromatic carbocycles. The number of H-pyrrole nitrogens is 1. The molecule has 210 valence electrons. The van der Waals surface area contributed by atoms with Crippen LogP contribution < -0.4 is 5.32 Å². The monoisotopic (exact) mass is 567 g/mol. The van der Waals surface area contributed by atoms with Crippen LogP contribution in [0.5, 0.6) is 0 Å². The zero-order valence-corrected chi connectivity index (χ0v) is 21.6. The maximum Gasteiger partial charge on any atom is 0.404 e. The SMILES string of the molecule is Cc1ccc(-c2cccnc2[C@H](Cc2cc(F)cc(F)c2)NC(=O)C(c2c[nH]c3ccc(F)cc23)C(F)(F)F)cc1. The highest BCUT2D eigenvalue weighted by molar-refractivity contribution is 5.93. The molecule has 2 aromatic heterocycles. The van der Waals surface area contributed by atoms with E-state index in [0.29, 0.717) is 17.2 Å². The van der Waals surface area contributed by atoms with Crippen molar-refractivity contribution in [1.82, 2.24) is 15.3 Å². The van der Waals surface area contributed by atoms with Gasteiger partial charge < -0.3 is 10.3 Å². The predicted molar refractivity (Wildman–Crippen MR) is 142 cm³/mol. The molecule has 10 heteroatoms. The Morgan fingerprint density at radius 1 is 0.927 bits per heavy atom. The first-order valence-corrected chi connectivity index (χ1v) is 12.6. The molecule has 2 atom stereocenters. The summed E-state index contributed by atoms with van der Waals surface area (Å²) in [6, 6.07) is 15.5. The van der Waals surface area contributed by atoms with Crippen molar-refractivity contribution < 1.29 is 31.1 Å². The van der Waals surface area contributed by atoms with Crippen molar-refractivity contribution in [3.05, 3.63) is 125 Å². The lowest BCUT2D eigenvalue weighted by atomic mass is 9.93. The number of aromatic nitrogens is 2. The summed E-state index contributed by atoms with van der Waals surface area (Å²) < 4.78 is 85.4. The average molecular weight is 568 g/mol. The number of halogens is 6. The van der Waals surface area contributed by atoms with Gasteiger partial charge >= 0.3 is 6.18 Å². The zero-order chi connectivity index (χ0) is 29.3. The van der Waals surface area contributed by atoms with Crippen LogP contribution in [0.15, 0.2) is 85.2 Å². The van der Waals surface area contributed by atoms with Gasteiger partial charge in [-0.05, 0) is 66.4 Å². The third-order valence-electron chi connectivity index (χ3n) is 6.79. The van der Waals surface area contributed by atoms with E-state index in [4.69, 9.17) is 0 Å².